The Labute approximate surface area is 134 Å². The fourth-order valence-electron chi connectivity index (χ4n) is 1.63. The third-order valence-corrected chi connectivity index (χ3v) is 2.69. The maximum absolute atomic E-state index is 9.54. The van der Waals surface area contributed by atoms with E-state index in [9.17, 15) is 10.2 Å². The molecule has 0 saturated carbocycles. The molecule has 0 aliphatic carbocycles. The molecule has 0 aliphatic heterocycles. The van der Waals surface area contributed by atoms with E-state index in [2.05, 4.69) is 9.98 Å². The molecule has 0 aliphatic rings. The molecule has 0 atom stereocenters. The Kier molecular flexibility index (Phi) is 7.24. The van der Waals surface area contributed by atoms with Crippen molar-refractivity contribution >= 4 is 29.8 Å². The number of phenols is 2. The molecule has 2 aromatic rings. The molecular formula is C16H16AlN2O2. The largest absolute Gasteiger partial charge is 0.507 e. The van der Waals surface area contributed by atoms with E-state index in [-0.39, 0.29) is 28.9 Å². The molecule has 0 bridgehead atoms. The topological polar surface area (TPSA) is 65.2 Å². The highest BCUT2D eigenvalue weighted by Crippen LogP contribution is 2.13. The minimum atomic E-state index is 0. The average Bonchev–Trinajstić information content (AvgIpc) is 2.46. The molecule has 0 unspecified atom stereocenters. The number of hydrogen-bond donors (Lipinski definition) is 2. The molecule has 0 heterocycles. The lowest BCUT2D eigenvalue weighted by Gasteiger charge is -1.97. The Morgan fingerprint density at radius 2 is 1.10 bits per heavy atom. The van der Waals surface area contributed by atoms with Gasteiger partial charge in [-0.05, 0) is 24.3 Å². The van der Waals surface area contributed by atoms with Gasteiger partial charge in [-0.3, -0.25) is 9.98 Å². The standard InChI is InChI=1S/C16H16N2O2.Al/c19-15-7-3-1-5-13(15)11-17-9-10-18-12-14-6-2-4-8-16(14)20;/h1-8,11-12,19-20H,9-10H2;. The van der Waals surface area contributed by atoms with Crippen LogP contribution in [0.4, 0.5) is 0 Å². The lowest BCUT2D eigenvalue weighted by molar-refractivity contribution is 0.474. The minimum absolute atomic E-state index is 0. The van der Waals surface area contributed by atoms with Crippen molar-refractivity contribution in [3.8, 4) is 11.5 Å². The minimum Gasteiger partial charge on any atom is -0.507 e. The van der Waals surface area contributed by atoms with Crippen LogP contribution in [0.3, 0.4) is 0 Å². The summed E-state index contributed by atoms with van der Waals surface area (Å²) in [7, 11) is 0. The number of hydrogen-bond acceptors (Lipinski definition) is 4. The maximum Gasteiger partial charge on any atom is 0.124 e. The van der Waals surface area contributed by atoms with Crippen LogP contribution < -0.4 is 0 Å². The summed E-state index contributed by atoms with van der Waals surface area (Å²) < 4.78 is 0. The van der Waals surface area contributed by atoms with Crippen LogP contribution in [-0.4, -0.2) is 53.1 Å². The third-order valence-electron chi connectivity index (χ3n) is 2.69. The van der Waals surface area contributed by atoms with E-state index in [1.54, 1.807) is 48.8 Å². The second-order valence-electron chi connectivity index (χ2n) is 4.19. The van der Waals surface area contributed by atoms with Crippen LogP contribution in [0.5, 0.6) is 11.5 Å². The van der Waals surface area contributed by atoms with Crippen molar-refractivity contribution in [2.24, 2.45) is 9.98 Å². The van der Waals surface area contributed by atoms with Crippen molar-refractivity contribution in [2.75, 3.05) is 13.1 Å². The first kappa shape index (κ1) is 17.0. The number of aliphatic imine (C=N–C) groups is 2. The van der Waals surface area contributed by atoms with Crippen LogP contribution in [0.1, 0.15) is 11.1 Å². The number of aromatic hydroxyl groups is 2. The molecular weight excluding hydrogens is 279 g/mol. The van der Waals surface area contributed by atoms with Gasteiger partial charge >= 0.3 is 0 Å². The van der Waals surface area contributed by atoms with Gasteiger partial charge in [-0.15, -0.1) is 0 Å². The van der Waals surface area contributed by atoms with Crippen LogP contribution in [-0.2, 0) is 0 Å². The molecule has 0 spiro atoms. The van der Waals surface area contributed by atoms with E-state index < -0.39 is 0 Å². The Hall–Kier alpha value is -2.09. The van der Waals surface area contributed by atoms with Gasteiger partial charge in [0.15, 0.2) is 0 Å². The predicted octanol–water partition coefficient (Wildman–Crippen LogP) is 2.26. The summed E-state index contributed by atoms with van der Waals surface area (Å²) in [6, 6.07) is 14.1. The van der Waals surface area contributed by atoms with Crippen LogP contribution >= 0.6 is 0 Å². The van der Waals surface area contributed by atoms with Crippen LogP contribution in [0, 0.1) is 0 Å². The number of rotatable bonds is 5. The number of nitrogens with zero attached hydrogens (tertiary/aromatic N) is 2. The number of phenolic OH excluding ortho intramolecular Hbond substituents is 2. The predicted molar refractivity (Wildman–Crippen MR) is 86.9 cm³/mol. The SMILES string of the molecule is Oc1ccccc1C=NCCN=Cc1ccccc1O.[Al]. The summed E-state index contributed by atoms with van der Waals surface area (Å²) >= 11 is 0. The molecule has 0 saturated heterocycles. The first-order valence-corrected chi connectivity index (χ1v) is 6.33. The van der Waals surface area contributed by atoms with E-state index in [0.29, 0.717) is 24.2 Å². The van der Waals surface area contributed by atoms with Gasteiger partial charge in [-0.1, -0.05) is 24.3 Å². The number of para-hydroxylation sites is 2. The summed E-state index contributed by atoms with van der Waals surface area (Å²) in [4.78, 5) is 8.39. The first-order chi connectivity index (χ1) is 9.77. The van der Waals surface area contributed by atoms with Crippen LogP contribution in [0.25, 0.3) is 0 Å². The molecule has 2 rings (SSSR count). The second kappa shape index (κ2) is 8.96. The summed E-state index contributed by atoms with van der Waals surface area (Å²) in [5.41, 5.74) is 1.38. The Bertz CT molecular complexity index is 572. The van der Waals surface area contributed by atoms with Gasteiger partial charge in [0.2, 0.25) is 0 Å². The Morgan fingerprint density at radius 1 is 0.714 bits per heavy atom. The van der Waals surface area contributed by atoms with Crippen LogP contribution in [0.2, 0.25) is 0 Å². The van der Waals surface area contributed by atoms with E-state index >= 15 is 0 Å². The van der Waals surface area contributed by atoms with E-state index in [1.807, 2.05) is 12.1 Å². The van der Waals surface area contributed by atoms with Crippen molar-refractivity contribution in [3.63, 3.8) is 0 Å². The molecule has 0 fully saturated rings. The van der Waals surface area contributed by atoms with Crippen molar-refractivity contribution in [3.05, 3.63) is 59.7 Å². The fraction of sp³-hybridized carbons (Fsp3) is 0.125. The Morgan fingerprint density at radius 3 is 1.48 bits per heavy atom. The molecule has 21 heavy (non-hydrogen) atoms. The van der Waals surface area contributed by atoms with Gasteiger partial charge in [0.05, 0.1) is 13.1 Å². The summed E-state index contributed by atoms with van der Waals surface area (Å²) in [6.45, 7) is 1.05. The molecule has 0 amide bonds. The highest BCUT2D eigenvalue weighted by atomic mass is 27.0. The quantitative estimate of drug-likeness (QED) is 0.505. The summed E-state index contributed by atoms with van der Waals surface area (Å²) in [6.07, 6.45) is 3.26. The van der Waals surface area contributed by atoms with Crippen molar-refractivity contribution in [2.45, 2.75) is 0 Å². The zero-order valence-corrected chi connectivity index (χ0v) is 12.7. The zero-order chi connectivity index (χ0) is 14.2. The molecule has 5 heteroatoms. The van der Waals surface area contributed by atoms with Gasteiger partial charge in [-0.2, -0.15) is 0 Å². The highest BCUT2D eigenvalue weighted by Gasteiger charge is 1.95. The molecule has 2 aromatic carbocycles. The van der Waals surface area contributed by atoms with Crippen LogP contribution in [0.15, 0.2) is 58.5 Å². The fourth-order valence-corrected chi connectivity index (χ4v) is 1.63. The molecule has 0 aromatic heterocycles. The summed E-state index contributed by atoms with van der Waals surface area (Å²) in [5, 5.41) is 19.1. The number of benzene rings is 2. The average molecular weight is 295 g/mol. The monoisotopic (exact) mass is 295 g/mol. The lowest BCUT2D eigenvalue weighted by Crippen LogP contribution is -1.91. The molecule has 3 radical (unpaired) electrons. The van der Waals surface area contributed by atoms with E-state index in [1.165, 1.54) is 0 Å². The van der Waals surface area contributed by atoms with Gasteiger partial charge < -0.3 is 10.2 Å². The van der Waals surface area contributed by atoms with Gasteiger partial charge in [0, 0.05) is 40.9 Å². The Balaban J connectivity index is 0.00000220. The van der Waals surface area contributed by atoms with Crippen molar-refractivity contribution < 1.29 is 10.2 Å². The highest BCUT2D eigenvalue weighted by molar-refractivity contribution is 5.84. The first-order valence-electron chi connectivity index (χ1n) is 6.33. The second-order valence-corrected chi connectivity index (χ2v) is 4.19. The summed E-state index contributed by atoms with van der Waals surface area (Å²) in [5.74, 6) is 0.433. The van der Waals surface area contributed by atoms with E-state index in [0.717, 1.165) is 0 Å². The van der Waals surface area contributed by atoms with Crippen molar-refractivity contribution in [1.29, 1.82) is 0 Å². The molecule has 105 valence electrons. The molecule has 2 N–H and O–H groups in total. The lowest BCUT2D eigenvalue weighted by atomic mass is 10.2. The third kappa shape index (κ3) is 5.43. The molecule has 4 nitrogen and oxygen atoms in total. The zero-order valence-electron chi connectivity index (χ0n) is 11.6. The van der Waals surface area contributed by atoms with Crippen molar-refractivity contribution in [1.82, 2.24) is 0 Å². The smallest absolute Gasteiger partial charge is 0.124 e. The van der Waals surface area contributed by atoms with Gasteiger partial charge in [0.1, 0.15) is 11.5 Å². The maximum atomic E-state index is 9.54. The van der Waals surface area contributed by atoms with Gasteiger partial charge in [0.25, 0.3) is 0 Å². The van der Waals surface area contributed by atoms with Gasteiger partial charge in [-0.25, -0.2) is 0 Å². The van der Waals surface area contributed by atoms with E-state index in [4.69, 9.17) is 0 Å². The normalized spacial score (nSPS) is 10.9.